The zero-order valence-electron chi connectivity index (χ0n) is 38.0. The minimum atomic E-state index is -0.680. The van der Waals surface area contributed by atoms with E-state index in [1.165, 1.54) is 25.7 Å². The van der Waals surface area contributed by atoms with Crippen molar-refractivity contribution in [2.45, 2.75) is 247 Å². The molecule has 0 fully saturated rings. The number of carbonyl (C=O) groups excluding carboxylic acids is 2. The summed E-state index contributed by atoms with van der Waals surface area (Å²) >= 11 is 0. The molecule has 0 amide bonds. The molecule has 10 nitrogen and oxygen atoms in total. The molecule has 0 heterocycles. The smallest absolute Gasteiger partial charge is 0.298 e. The third-order valence-corrected chi connectivity index (χ3v) is 9.76. The first-order valence-corrected chi connectivity index (χ1v) is 21.4. The average Bonchev–Trinajstić information content (AvgIpc) is 3.08. The Labute approximate surface area is 336 Å². The number of carbonyl (C=O) groups is 2. The van der Waals surface area contributed by atoms with E-state index < -0.39 is 33.6 Å². The highest BCUT2D eigenvalue weighted by Crippen LogP contribution is 2.36. The van der Waals surface area contributed by atoms with E-state index in [9.17, 15) is 9.59 Å². The van der Waals surface area contributed by atoms with E-state index in [0.29, 0.717) is 38.0 Å². The minimum Gasteiger partial charge on any atom is -0.298 e. The van der Waals surface area contributed by atoms with Gasteiger partial charge in [-0.05, 0) is 160 Å². The lowest BCUT2D eigenvalue weighted by molar-refractivity contribution is -0.400. The first-order valence-electron chi connectivity index (χ1n) is 21.4. The molecule has 0 saturated heterocycles. The molecule has 0 spiro atoms. The Morgan fingerprint density at radius 2 is 0.945 bits per heavy atom. The van der Waals surface area contributed by atoms with Crippen LogP contribution in [0, 0.1) is 17.8 Å². The summed E-state index contributed by atoms with van der Waals surface area (Å²) in [6.07, 6.45) is 19.8. The van der Waals surface area contributed by atoms with Gasteiger partial charge in [-0.2, -0.15) is 9.78 Å². The molecule has 324 valence electrons. The molecule has 1 aliphatic rings. The van der Waals surface area contributed by atoms with Gasteiger partial charge in [-0.1, -0.05) is 70.4 Å². The maximum Gasteiger partial charge on any atom is 0.346 e. The van der Waals surface area contributed by atoms with Crippen molar-refractivity contribution in [3.63, 3.8) is 0 Å². The Balaban J connectivity index is 2.54. The van der Waals surface area contributed by atoms with Crippen LogP contribution in [0.4, 0.5) is 0 Å². The Kier molecular flexibility index (Phi) is 22.2. The monoisotopic (exact) mass is 785 g/mol. The highest BCUT2D eigenvalue weighted by atomic mass is 17.2. The molecule has 0 N–H and O–H groups in total. The summed E-state index contributed by atoms with van der Waals surface area (Å²) < 4.78 is 0. The van der Waals surface area contributed by atoms with Crippen LogP contribution < -0.4 is 0 Å². The van der Waals surface area contributed by atoms with Crippen molar-refractivity contribution in [1.82, 2.24) is 0 Å². The van der Waals surface area contributed by atoms with Crippen LogP contribution in [0.3, 0.4) is 0 Å². The molecule has 3 atom stereocenters. The summed E-state index contributed by atoms with van der Waals surface area (Å²) in [7, 11) is 0. The van der Waals surface area contributed by atoms with Crippen LogP contribution >= 0.6 is 0 Å². The van der Waals surface area contributed by atoms with Gasteiger partial charge < -0.3 is 0 Å². The Morgan fingerprint density at radius 3 is 1.45 bits per heavy atom. The summed E-state index contributed by atoms with van der Waals surface area (Å²) in [5.74, 6) is -0.363. The van der Waals surface area contributed by atoms with Crippen LogP contribution in [-0.4, -0.2) is 45.5 Å². The fraction of sp³-hybridized carbons (Fsp3) is 0.911. The Hall–Kier alpha value is -1.56. The van der Waals surface area contributed by atoms with Crippen molar-refractivity contribution in [1.29, 1.82) is 0 Å². The quantitative estimate of drug-likeness (QED) is 0.0329. The molecule has 0 saturated carbocycles. The van der Waals surface area contributed by atoms with Crippen molar-refractivity contribution in [2.75, 3.05) is 0 Å². The van der Waals surface area contributed by atoms with Gasteiger partial charge in [-0.15, -0.1) is 0 Å². The maximum absolute atomic E-state index is 13.6. The second kappa shape index (κ2) is 23.7. The molecule has 1 aliphatic carbocycles. The van der Waals surface area contributed by atoms with Gasteiger partial charge in [0.05, 0.1) is 28.3 Å². The second-order valence-electron chi connectivity index (χ2n) is 20.4. The SMILES string of the molecule is CCCCCCC1C=CC(CCCCCCCC(=O)OOC(C)(C)CCC(C)(C)OOC(C)(C)C)C(C(=O)OOC(C)(C)CCC(C)(C)OOC(C)(C)C)C1. The van der Waals surface area contributed by atoms with E-state index in [2.05, 4.69) is 19.1 Å². The van der Waals surface area contributed by atoms with Crippen LogP contribution in [-0.2, 0) is 48.7 Å². The van der Waals surface area contributed by atoms with Crippen LogP contribution in [0.1, 0.15) is 213 Å². The number of unbranched alkanes of at least 4 members (excludes halogenated alkanes) is 7. The van der Waals surface area contributed by atoms with Crippen LogP contribution in [0.5, 0.6) is 0 Å². The highest BCUT2D eigenvalue weighted by molar-refractivity contribution is 5.72. The summed E-state index contributed by atoms with van der Waals surface area (Å²) in [4.78, 5) is 70.5. The van der Waals surface area contributed by atoms with Gasteiger partial charge in [0.1, 0.15) is 11.2 Å². The number of hydrogen-bond donors (Lipinski definition) is 0. The summed E-state index contributed by atoms with van der Waals surface area (Å²) in [5.41, 5.74) is -3.16. The van der Waals surface area contributed by atoms with Gasteiger partial charge in [0, 0.05) is 6.42 Å². The molecule has 0 radical (unpaired) electrons. The van der Waals surface area contributed by atoms with E-state index in [1.807, 2.05) is 96.9 Å². The normalized spacial score (nSPS) is 18.8. The molecular formula is C45H84O10. The van der Waals surface area contributed by atoms with E-state index in [1.54, 1.807) is 0 Å². The largest absolute Gasteiger partial charge is 0.346 e. The lowest BCUT2D eigenvalue weighted by Crippen LogP contribution is -2.36. The molecule has 0 aliphatic heterocycles. The first kappa shape index (κ1) is 51.5. The highest BCUT2D eigenvalue weighted by Gasteiger charge is 2.36. The molecule has 1 rings (SSSR count). The van der Waals surface area contributed by atoms with E-state index >= 15 is 0 Å². The molecule has 10 heteroatoms. The lowest BCUT2D eigenvalue weighted by atomic mass is 9.75. The Morgan fingerprint density at radius 1 is 0.509 bits per heavy atom. The molecule has 0 aromatic rings. The van der Waals surface area contributed by atoms with Crippen molar-refractivity contribution < 1.29 is 48.7 Å². The number of rotatable bonds is 28. The molecule has 0 aromatic heterocycles. The van der Waals surface area contributed by atoms with Gasteiger partial charge in [0.15, 0.2) is 0 Å². The van der Waals surface area contributed by atoms with E-state index in [-0.39, 0.29) is 23.8 Å². The fourth-order valence-electron chi connectivity index (χ4n) is 6.07. The van der Waals surface area contributed by atoms with Crippen LogP contribution in [0.25, 0.3) is 0 Å². The van der Waals surface area contributed by atoms with Crippen molar-refractivity contribution >= 4 is 11.9 Å². The van der Waals surface area contributed by atoms with Crippen molar-refractivity contribution in [2.24, 2.45) is 17.8 Å². The van der Waals surface area contributed by atoms with Crippen molar-refractivity contribution in [3.8, 4) is 0 Å². The lowest BCUT2D eigenvalue weighted by Gasteiger charge is -2.33. The van der Waals surface area contributed by atoms with E-state index in [4.69, 9.17) is 39.1 Å². The van der Waals surface area contributed by atoms with Gasteiger partial charge in [-0.25, -0.2) is 29.1 Å². The van der Waals surface area contributed by atoms with Gasteiger partial charge >= 0.3 is 11.9 Å². The van der Waals surface area contributed by atoms with Gasteiger partial charge in [0.2, 0.25) is 0 Å². The fourth-order valence-corrected chi connectivity index (χ4v) is 6.07. The summed E-state index contributed by atoms with van der Waals surface area (Å²) in [5, 5.41) is 0. The number of hydrogen-bond acceptors (Lipinski definition) is 10. The number of allylic oxidation sites excluding steroid dienone is 2. The molecule has 0 aromatic carbocycles. The van der Waals surface area contributed by atoms with E-state index in [0.717, 1.165) is 51.4 Å². The Bertz CT molecular complexity index is 1110. The topological polar surface area (TPSA) is 108 Å². The maximum atomic E-state index is 13.6. The minimum absolute atomic E-state index is 0.117. The summed E-state index contributed by atoms with van der Waals surface area (Å²) in [6.45, 7) is 29.5. The third kappa shape index (κ3) is 26.1. The van der Waals surface area contributed by atoms with Gasteiger partial charge in [-0.3, -0.25) is 9.78 Å². The summed E-state index contributed by atoms with van der Waals surface area (Å²) in [6, 6.07) is 0. The standard InChI is InChI=1S/C45H84O10/c1-16-17-18-22-25-35-28-29-36(37(34-35)39(47)49-53-43(10,11)31-33-45(14,15)55-51-41(5,6)7)26-23-20-19-21-24-27-38(46)48-52-42(8,9)30-32-44(12,13)54-50-40(2,3)4/h28-29,35-37H,16-27,30-34H2,1-15H3. The molecule has 0 bridgehead atoms. The predicted molar refractivity (Wildman–Crippen MR) is 218 cm³/mol. The van der Waals surface area contributed by atoms with Gasteiger partial charge in [0.25, 0.3) is 0 Å². The molecule has 55 heavy (non-hydrogen) atoms. The zero-order chi connectivity index (χ0) is 42.0. The predicted octanol–water partition coefficient (Wildman–Crippen LogP) is 12.6. The molecular weight excluding hydrogens is 700 g/mol. The average molecular weight is 785 g/mol. The second-order valence-corrected chi connectivity index (χ2v) is 20.4. The van der Waals surface area contributed by atoms with Crippen LogP contribution in [0.2, 0.25) is 0 Å². The zero-order valence-corrected chi connectivity index (χ0v) is 38.0. The first-order chi connectivity index (χ1) is 25.2. The molecule has 3 unspecified atom stereocenters. The van der Waals surface area contributed by atoms with Crippen molar-refractivity contribution in [3.05, 3.63) is 12.2 Å². The third-order valence-electron chi connectivity index (χ3n) is 9.76. The van der Waals surface area contributed by atoms with Crippen LogP contribution in [0.15, 0.2) is 12.2 Å².